The summed E-state index contributed by atoms with van der Waals surface area (Å²) in [5.74, 6) is 0.808. The average molecular weight is 292 g/mol. The van der Waals surface area contributed by atoms with Crippen molar-refractivity contribution < 1.29 is 14.3 Å². The smallest absolute Gasteiger partial charge is 0.198 e. The van der Waals surface area contributed by atoms with Gasteiger partial charge in [-0.15, -0.1) is 0 Å². The van der Waals surface area contributed by atoms with Gasteiger partial charge in [0, 0.05) is 16.8 Å². The average Bonchev–Trinajstić information content (AvgIpc) is 2.47. The Morgan fingerprint density at radius 2 is 2.10 bits per heavy atom. The standard InChI is InChI=1S/C15H14ClNO3/c1-3-20-12-6-10(8-17-9-12)15(18)13-5-4-11(16)7-14(13)19-2/h4-9H,3H2,1-2H3. The summed E-state index contributed by atoms with van der Waals surface area (Å²) in [4.78, 5) is 16.5. The van der Waals surface area contributed by atoms with Gasteiger partial charge in [-0.3, -0.25) is 9.78 Å². The minimum absolute atomic E-state index is 0.187. The number of hydrogen-bond donors (Lipinski definition) is 0. The van der Waals surface area contributed by atoms with Gasteiger partial charge in [0.1, 0.15) is 11.5 Å². The molecule has 1 aromatic carbocycles. The SMILES string of the molecule is CCOc1cncc(C(=O)c2ccc(Cl)cc2OC)c1. The lowest BCUT2D eigenvalue weighted by molar-refractivity contribution is 0.103. The molecule has 0 aliphatic rings. The molecular formula is C15H14ClNO3. The summed E-state index contributed by atoms with van der Waals surface area (Å²) in [6, 6.07) is 6.55. The van der Waals surface area contributed by atoms with E-state index in [1.54, 1.807) is 30.5 Å². The molecule has 0 saturated carbocycles. The van der Waals surface area contributed by atoms with Crippen LogP contribution in [0.2, 0.25) is 5.02 Å². The Hall–Kier alpha value is -2.07. The van der Waals surface area contributed by atoms with Crippen molar-refractivity contribution in [1.29, 1.82) is 0 Å². The molecule has 2 rings (SSSR count). The van der Waals surface area contributed by atoms with Gasteiger partial charge in [0.05, 0.1) is 25.5 Å². The number of nitrogens with zero attached hydrogens (tertiary/aromatic N) is 1. The Labute approximate surface area is 122 Å². The van der Waals surface area contributed by atoms with Crippen molar-refractivity contribution in [2.24, 2.45) is 0 Å². The minimum atomic E-state index is -0.187. The monoisotopic (exact) mass is 291 g/mol. The van der Waals surface area contributed by atoms with Gasteiger partial charge >= 0.3 is 0 Å². The number of carbonyl (C=O) groups is 1. The van der Waals surface area contributed by atoms with E-state index < -0.39 is 0 Å². The van der Waals surface area contributed by atoms with Crippen LogP contribution in [0.3, 0.4) is 0 Å². The van der Waals surface area contributed by atoms with Gasteiger partial charge in [0.2, 0.25) is 0 Å². The molecule has 0 atom stereocenters. The molecule has 1 heterocycles. The maximum absolute atomic E-state index is 12.5. The van der Waals surface area contributed by atoms with E-state index in [1.807, 2.05) is 6.92 Å². The number of carbonyl (C=O) groups excluding carboxylic acids is 1. The molecule has 20 heavy (non-hydrogen) atoms. The summed E-state index contributed by atoms with van der Waals surface area (Å²) >= 11 is 5.89. The molecule has 104 valence electrons. The number of aromatic nitrogens is 1. The summed E-state index contributed by atoms with van der Waals surface area (Å²) in [5, 5.41) is 0.514. The summed E-state index contributed by atoms with van der Waals surface area (Å²) in [7, 11) is 1.50. The lowest BCUT2D eigenvalue weighted by Gasteiger charge is -2.09. The Balaban J connectivity index is 2.38. The first-order valence-corrected chi connectivity index (χ1v) is 6.49. The Morgan fingerprint density at radius 1 is 1.30 bits per heavy atom. The minimum Gasteiger partial charge on any atom is -0.496 e. The predicted octanol–water partition coefficient (Wildman–Crippen LogP) is 3.37. The number of rotatable bonds is 5. The van der Waals surface area contributed by atoms with Crippen LogP contribution in [0.1, 0.15) is 22.8 Å². The van der Waals surface area contributed by atoms with Crippen LogP contribution in [0.4, 0.5) is 0 Å². The first-order chi connectivity index (χ1) is 9.65. The predicted molar refractivity (Wildman–Crippen MR) is 76.8 cm³/mol. The first-order valence-electron chi connectivity index (χ1n) is 6.11. The number of ketones is 1. The number of pyridine rings is 1. The van der Waals surface area contributed by atoms with E-state index in [1.165, 1.54) is 13.3 Å². The molecule has 0 unspecified atom stereocenters. The highest BCUT2D eigenvalue weighted by Gasteiger charge is 2.15. The van der Waals surface area contributed by atoms with Crippen LogP contribution < -0.4 is 9.47 Å². The van der Waals surface area contributed by atoms with E-state index in [4.69, 9.17) is 21.1 Å². The van der Waals surface area contributed by atoms with Gasteiger partial charge < -0.3 is 9.47 Å². The van der Waals surface area contributed by atoms with Crippen LogP contribution in [0, 0.1) is 0 Å². The van der Waals surface area contributed by atoms with E-state index >= 15 is 0 Å². The molecule has 0 amide bonds. The Bertz CT molecular complexity index is 628. The van der Waals surface area contributed by atoms with Gasteiger partial charge in [0.25, 0.3) is 0 Å². The number of benzene rings is 1. The fraction of sp³-hybridized carbons (Fsp3) is 0.200. The second kappa shape index (κ2) is 6.39. The summed E-state index contributed by atoms with van der Waals surface area (Å²) in [5.41, 5.74) is 0.879. The molecule has 5 heteroatoms. The largest absolute Gasteiger partial charge is 0.496 e. The van der Waals surface area contributed by atoms with Crippen molar-refractivity contribution in [2.75, 3.05) is 13.7 Å². The molecule has 0 aliphatic carbocycles. The van der Waals surface area contributed by atoms with E-state index in [-0.39, 0.29) is 5.78 Å². The molecule has 0 N–H and O–H groups in total. The van der Waals surface area contributed by atoms with Crippen LogP contribution in [0.5, 0.6) is 11.5 Å². The maximum Gasteiger partial charge on any atom is 0.198 e. The van der Waals surface area contributed by atoms with Gasteiger partial charge in [-0.05, 0) is 31.2 Å². The fourth-order valence-corrected chi connectivity index (χ4v) is 1.96. The molecule has 2 aromatic rings. The Kier molecular flexibility index (Phi) is 4.58. The van der Waals surface area contributed by atoms with Crippen molar-refractivity contribution in [3.63, 3.8) is 0 Å². The van der Waals surface area contributed by atoms with Gasteiger partial charge in [-0.1, -0.05) is 11.6 Å². The molecular weight excluding hydrogens is 278 g/mol. The third-order valence-corrected chi connectivity index (χ3v) is 2.93. The normalized spacial score (nSPS) is 10.2. The zero-order valence-electron chi connectivity index (χ0n) is 11.2. The highest BCUT2D eigenvalue weighted by atomic mass is 35.5. The van der Waals surface area contributed by atoms with E-state index in [2.05, 4.69) is 4.98 Å². The quantitative estimate of drug-likeness (QED) is 0.793. The molecule has 0 aliphatic heterocycles. The summed E-state index contributed by atoms with van der Waals surface area (Å²) in [6.45, 7) is 2.39. The summed E-state index contributed by atoms with van der Waals surface area (Å²) < 4.78 is 10.5. The van der Waals surface area contributed by atoms with Gasteiger partial charge in [-0.25, -0.2) is 0 Å². The van der Waals surface area contributed by atoms with Crippen LogP contribution in [-0.2, 0) is 0 Å². The Morgan fingerprint density at radius 3 is 2.80 bits per heavy atom. The number of methoxy groups -OCH3 is 1. The fourth-order valence-electron chi connectivity index (χ4n) is 1.80. The van der Waals surface area contributed by atoms with Crippen LogP contribution >= 0.6 is 11.6 Å². The zero-order chi connectivity index (χ0) is 14.5. The van der Waals surface area contributed by atoms with Crippen molar-refractivity contribution in [3.8, 4) is 11.5 Å². The maximum atomic E-state index is 12.5. The highest BCUT2D eigenvalue weighted by molar-refractivity contribution is 6.31. The van der Waals surface area contributed by atoms with E-state index in [0.717, 1.165) is 0 Å². The third kappa shape index (κ3) is 3.08. The van der Waals surface area contributed by atoms with Crippen molar-refractivity contribution in [1.82, 2.24) is 4.98 Å². The van der Waals surface area contributed by atoms with Gasteiger partial charge in [0.15, 0.2) is 5.78 Å². The molecule has 1 aromatic heterocycles. The molecule has 0 radical (unpaired) electrons. The van der Waals surface area contributed by atoms with Crippen LogP contribution in [0.25, 0.3) is 0 Å². The lowest BCUT2D eigenvalue weighted by Crippen LogP contribution is -2.05. The molecule has 0 bridgehead atoms. The van der Waals surface area contributed by atoms with E-state index in [0.29, 0.717) is 34.3 Å². The topological polar surface area (TPSA) is 48.4 Å². The zero-order valence-corrected chi connectivity index (χ0v) is 12.0. The van der Waals surface area contributed by atoms with Crippen molar-refractivity contribution in [3.05, 3.63) is 52.8 Å². The first kappa shape index (κ1) is 14.3. The van der Waals surface area contributed by atoms with E-state index in [9.17, 15) is 4.79 Å². The molecule has 0 fully saturated rings. The van der Waals surface area contributed by atoms with Crippen LogP contribution in [0.15, 0.2) is 36.7 Å². The summed E-state index contributed by atoms with van der Waals surface area (Å²) in [6.07, 6.45) is 3.07. The molecule has 0 saturated heterocycles. The number of hydrogen-bond acceptors (Lipinski definition) is 4. The second-order valence-corrected chi connectivity index (χ2v) is 4.45. The number of ether oxygens (including phenoxy) is 2. The van der Waals surface area contributed by atoms with Crippen molar-refractivity contribution in [2.45, 2.75) is 6.92 Å². The number of halogens is 1. The van der Waals surface area contributed by atoms with Crippen LogP contribution in [-0.4, -0.2) is 24.5 Å². The second-order valence-electron chi connectivity index (χ2n) is 4.02. The van der Waals surface area contributed by atoms with Gasteiger partial charge in [-0.2, -0.15) is 0 Å². The highest BCUT2D eigenvalue weighted by Crippen LogP contribution is 2.26. The molecule has 0 spiro atoms. The lowest BCUT2D eigenvalue weighted by atomic mass is 10.0. The third-order valence-electron chi connectivity index (χ3n) is 2.69. The molecule has 4 nitrogen and oxygen atoms in total. The van der Waals surface area contributed by atoms with Crippen molar-refractivity contribution >= 4 is 17.4 Å².